The van der Waals surface area contributed by atoms with Crippen molar-refractivity contribution in [1.82, 2.24) is 15.8 Å². The van der Waals surface area contributed by atoms with E-state index in [0.717, 1.165) is 36.4 Å². The molecule has 0 spiro atoms. The second-order valence-electron chi connectivity index (χ2n) is 5.91. The van der Waals surface area contributed by atoms with Crippen molar-refractivity contribution < 1.29 is 8.91 Å². The largest absolute Gasteiger partial charge is 0.359 e. The molecule has 6 heteroatoms. The van der Waals surface area contributed by atoms with Gasteiger partial charge in [-0.1, -0.05) is 31.1 Å². The van der Waals surface area contributed by atoms with Gasteiger partial charge < -0.3 is 15.2 Å². The van der Waals surface area contributed by atoms with Crippen LogP contribution in [-0.4, -0.2) is 17.7 Å². The second-order valence-corrected chi connectivity index (χ2v) is 5.91. The zero-order valence-corrected chi connectivity index (χ0v) is 15.2. The molecule has 0 amide bonds. The van der Waals surface area contributed by atoms with Crippen molar-refractivity contribution >= 4 is 5.96 Å². The third kappa shape index (κ3) is 5.89. The van der Waals surface area contributed by atoms with Crippen LogP contribution in [0.3, 0.4) is 0 Å². The molecule has 5 nitrogen and oxygen atoms in total. The zero-order valence-electron chi connectivity index (χ0n) is 15.2. The van der Waals surface area contributed by atoms with E-state index < -0.39 is 0 Å². The minimum Gasteiger partial charge on any atom is -0.359 e. The lowest BCUT2D eigenvalue weighted by molar-refractivity contribution is 0.368. The molecule has 0 fully saturated rings. The summed E-state index contributed by atoms with van der Waals surface area (Å²) in [4.78, 5) is 4.48. The summed E-state index contributed by atoms with van der Waals surface area (Å²) in [7, 11) is 0. The third-order valence-corrected chi connectivity index (χ3v) is 4.06. The van der Waals surface area contributed by atoms with Crippen LogP contribution in [0.1, 0.15) is 56.5 Å². The lowest BCUT2D eigenvalue weighted by atomic mass is 9.99. The first-order valence-electron chi connectivity index (χ1n) is 8.88. The molecule has 2 rings (SSSR count). The Kier molecular flexibility index (Phi) is 7.44. The van der Waals surface area contributed by atoms with Gasteiger partial charge in [-0.2, -0.15) is 0 Å². The molecule has 2 aromatic rings. The highest BCUT2D eigenvalue weighted by atomic mass is 19.1. The quantitative estimate of drug-likeness (QED) is 0.561. The fraction of sp³-hybridized carbons (Fsp3) is 0.474. The fourth-order valence-electron chi connectivity index (χ4n) is 2.63. The number of guanidine groups is 1. The molecular formula is C19H27FN4O. The fourth-order valence-corrected chi connectivity index (χ4v) is 2.63. The first-order valence-corrected chi connectivity index (χ1v) is 8.88. The summed E-state index contributed by atoms with van der Waals surface area (Å²) in [6.45, 7) is 7.96. The smallest absolute Gasteiger partial charge is 0.191 e. The first kappa shape index (κ1) is 19.0. The Labute approximate surface area is 148 Å². The Balaban J connectivity index is 1.96. The molecule has 1 aromatic heterocycles. The van der Waals surface area contributed by atoms with E-state index in [1.807, 2.05) is 19.1 Å². The van der Waals surface area contributed by atoms with E-state index in [2.05, 4.69) is 34.6 Å². The van der Waals surface area contributed by atoms with Gasteiger partial charge >= 0.3 is 0 Å². The van der Waals surface area contributed by atoms with Crippen LogP contribution in [0.15, 0.2) is 39.8 Å². The zero-order chi connectivity index (χ0) is 18.1. The predicted octanol–water partition coefficient (Wildman–Crippen LogP) is 3.97. The van der Waals surface area contributed by atoms with Gasteiger partial charge in [0.25, 0.3) is 0 Å². The van der Waals surface area contributed by atoms with Crippen molar-refractivity contribution in [3.05, 3.63) is 53.2 Å². The third-order valence-electron chi connectivity index (χ3n) is 4.06. The molecule has 2 N–H and O–H groups in total. The van der Waals surface area contributed by atoms with E-state index in [1.54, 1.807) is 6.07 Å². The maximum Gasteiger partial charge on any atom is 0.191 e. The number of halogens is 1. The van der Waals surface area contributed by atoms with Crippen LogP contribution in [0.2, 0.25) is 0 Å². The maximum absolute atomic E-state index is 13.2. The van der Waals surface area contributed by atoms with E-state index in [1.165, 1.54) is 12.1 Å². The minimum atomic E-state index is -0.249. The van der Waals surface area contributed by atoms with Crippen molar-refractivity contribution in [3.63, 3.8) is 0 Å². The monoisotopic (exact) mass is 346 g/mol. The van der Waals surface area contributed by atoms with Crippen LogP contribution in [0, 0.1) is 5.82 Å². The molecule has 0 aliphatic carbocycles. The highest BCUT2D eigenvalue weighted by Gasteiger charge is 2.13. The number of aromatic nitrogens is 1. The topological polar surface area (TPSA) is 62.5 Å². The molecule has 136 valence electrons. The lowest BCUT2D eigenvalue weighted by Crippen LogP contribution is -2.36. The van der Waals surface area contributed by atoms with E-state index in [4.69, 9.17) is 4.52 Å². The summed E-state index contributed by atoms with van der Waals surface area (Å²) in [5.74, 6) is 1.62. The molecule has 0 aliphatic heterocycles. The molecule has 0 atom stereocenters. The van der Waals surface area contributed by atoms with Gasteiger partial charge in [-0.05, 0) is 37.5 Å². The van der Waals surface area contributed by atoms with Gasteiger partial charge in [0.05, 0.1) is 18.8 Å². The van der Waals surface area contributed by atoms with Gasteiger partial charge in [-0.25, -0.2) is 9.38 Å². The van der Waals surface area contributed by atoms with Crippen molar-refractivity contribution in [2.45, 2.75) is 52.6 Å². The Bertz CT molecular complexity index is 680. The van der Waals surface area contributed by atoms with Crippen molar-refractivity contribution in [1.29, 1.82) is 0 Å². The highest BCUT2D eigenvalue weighted by molar-refractivity contribution is 5.79. The second kappa shape index (κ2) is 9.81. The first-order chi connectivity index (χ1) is 12.2. The molecular weight excluding hydrogens is 319 g/mol. The minimum absolute atomic E-state index is 0.249. The van der Waals surface area contributed by atoms with Gasteiger partial charge in [-0.15, -0.1) is 0 Å². The van der Waals surface area contributed by atoms with Crippen LogP contribution >= 0.6 is 0 Å². The molecule has 0 bridgehead atoms. The molecule has 0 radical (unpaired) electrons. The van der Waals surface area contributed by atoms with Crippen molar-refractivity contribution in [2.24, 2.45) is 4.99 Å². The average Bonchev–Trinajstić information content (AvgIpc) is 3.07. The summed E-state index contributed by atoms with van der Waals surface area (Å²) in [5.41, 5.74) is 1.83. The standard InChI is InChI=1S/C19H27FN4O/c1-4-15(5-2)18-11-17(25-24-18)13-23-19(21-6-3)22-12-14-8-7-9-16(20)10-14/h7-11,15H,4-6,12-13H2,1-3H3,(H2,21,22,23). The van der Waals surface area contributed by atoms with Crippen molar-refractivity contribution in [3.8, 4) is 0 Å². The molecule has 0 saturated heterocycles. The average molecular weight is 346 g/mol. The van der Waals surface area contributed by atoms with Gasteiger partial charge in [0.15, 0.2) is 11.7 Å². The summed E-state index contributed by atoms with van der Waals surface area (Å²) in [5, 5.41) is 10.6. The summed E-state index contributed by atoms with van der Waals surface area (Å²) < 4.78 is 18.6. The lowest BCUT2D eigenvalue weighted by Gasteiger charge is -2.10. The van der Waals surface area contributed by atoms with Gasteiger partial charge in [0.1, 0.15) is 5.82 Å². The SMILES string of the molecule is CCNC(=NCc1cccc(F)c1)NCc1cc(C(CC)CC)no1. The van der Waals surface area contributed by atoms with Gasteiger partial charge in [0.2, 0.25) is 0 Å². The number of nitrogens with zero attached hydrogens (tertiary/aromatic N) is 2. The predicted molar refractivity (Wildman–Crippen MR) is 97.9 cm³/mol. The molecule has 1 heterocycles. The normalized spacial score (nSPS) is 11.8. The van der Waals surface area contributed by atoms with Crippen LogP contribution in [0.5, 0.6) is 0 Å². The summed E-state index contributed by atoms with van der Waals surface area (Å²) >= 11 is 0. The van der Waals surface area contributed by atoms with Crippen molar-refractivity contribution in [2.75, 3.05) is 6.54 Å². The number of benzene rings is 1. The van der Waals surface area contributed by atoms with Gasteiger partial charge in [0, 0.05) is 18.5 Å². The van der Waals surface area contributed by atoms with Crippen LogP contribution in [0.4, 0.5) is 4.39 Å². The van der Waals surface area contributed by atoms with E-state index >= 15 is 0 Å². The number of nitrogens with one attached hydrogen (secondary N) is 2. The Morgan fingerprint density at radius 3 is 2.68 bits per heavy atom. The highest BCUT2D eigenvalue weighted by Crippen LogP contribution is 2.22. The van der Waals surface area contributed by atoms with E-state index in [0.29, 0.717) is 25.0 Å². The Morgan fingerprint density at radius 1 is 1.20 bits per heavy atom. The van der Waals surface area contributed by atoms with Crippen LogP contribution in [0.25, 0.3) is 0 Å². The maximum atomic E-state index is 13.2. The molecule has 0 saturated carbocycles. The Hall–Kier alpha value is -2.37. The molecule has 25 heavy (non-hydrogen) atoms. The molecule has 0 unspecified atom stereocenters. The molecule has 1 aromatic carbocycles. The van der Waals surface area contributed by atoms with E-state index in [9.17, 15) is 4.39 Å². The summed E-state index contributed by atoms with van der Waals surface area (Å²) in [6.07, 6.45) is 2.10. The number of hydrogen-bond donors (Lipinski definition) is 2. The van der Waals surface area contributed by atoms with Crippen LogP contribution in [-0.2, 0) is 13.1 Å². The number of rotatable bonds is 8. The number of aliphatic imine (C=N–C) groups is 1. The van der Waals surface area contributed by atoms with Crippen LogP contribution < -0.4 is 10.6 Å². The summed E-state index contributed by atoms with van der Waals surface area (Å²) in [6, 6.07) is 8.47. The van der Waals surface area contributed by atoms with E-state index in [-0.39, 0.29) is 5.82 Å². The van der Waals surface area contributed by atoms with Gasteiger partial charge in [-0.3, -0.25) is 0 Å². The number of hydrogen-bond acceptors (Lipinski definition) is 3. The Morgan fingerprint density at radius 2 is 2.00 bits per heavy atom. The molecule has 0 aliphatic rings.